The van der Waals surface area contributed by atoms with Gasteiger partial charge in [0.05, 0.1) is 5.56 Å². The molecule has 0 radical (unpaired) electrons. The highest BCUT2D eigenvalue weighted by atomic mass is 17.1. The van der Waals surface area contributed by atoms with Crippen LogP contribution in [0.15, 0.2) is 30.3 Å². The van der Waals surface area contributed by atoms with Gasteiger partial charge in [-0.1, -0.05) is 233 Å². The predicted octanol–water partition coefficient (Wildman–Crippen LogP) is 32.2. The van der Waals surface area contributed by atoms with Crippen LogP contribution in [0.3, 0.4) is 0 Å². The maximum absolute atomic E-state index is 12.1. The van der Waals surface area contributed by atoms with Gasteiger partial charge in [-0.15, -0.1) is 0 Å². The second-order valence-electron chi connectivity index (χ2n) is 50.3. The SMILES string of the molecule is C.C.C.CC1(C)CC(OC(=O)c2ccccc2)CC(C)(C)N1.CC1CC(C)(C)N(C)C(C)(C)C1.CC1CC(C)(C)N(C)C(C)(C)C1.CC1CC(C)(C)N(C)C(C)(C)C1.CC1CC(C)(C)N(C)C(C)(C)C1.CC1CC(C)(C)NC(C)(C)C1.CCC.CCCC.CCCC.CCCCCCCCCCCC(=O)OC1CC(C)(C)NC(C)(C)C1.O=COC1CCCCCCCC1OO. The van der Waals surface area contributed by atoms with Crippen LogP contribution in [-0.4, -0.2) is 173 Å². The average Bonchev–Trinajstić information content (AvgIpc) is 0.835. The molecule has 130 heavy (non-hydrogen) atoms. The van der Waals surface area contributed by atoms with Crippen molar-refractivity contribution in [3.05, 3.63) is 35.9 Å². The van der Waals surface area contributed by atoms with E-state index in [2.05, 4.69) is 346 Å². The van der Waals surface area contributed by atoms with Crippen molar-refractivity contribution >= 4 is 18.4 Å². The second kappa shape index (κ2) is 62.4. The number of piperidine rings is 7. The van der Waals surface area contributed by atoms with Gasteiger partial charge in [0.25, 0.3) is 6.47 Å². The Labute approximate surface area is 814 Å². The predicted molar refractivity (Wildman–Crippen MR) is 573 cm³/mol. The molecule has 15 nitrogen and oxygen atoms in total. The van der Waals surface area contributed by atoms with Crippen LogP contribution in [0.2, 0.25) is 0 Å². The van der Waals surface area contributed by atoms with Crippen molar-refractivity contribution in [2.24, 2.45) is 29.6 Å². The minimum atomic E-state index is -0.349. The molecule has 0 spiro atoms. The van der Waals surface area contributed by atoms with E-state index in [4.69, 9.17) is 19.5 Å². The summed E-state index contributed by atoms with van der Waals surface area (Å²) in [6, 6.07) is 9.19. The molecule has 1 saturated carbocycles. The molecule has 15 heteroatoms. The highest BCUT2D eigenvalue weighted by Crippen LogP contribution is 2.44. The van der Waals surface area contributed by atoms with Gasteiger partial charge in [-0.3, -0.25) is 34.4 Å². The van der Waals surface area contributed by atoms with E-state index in [1.54, 1.807) is 12.1 Å². The van der Waals surface area contributed by atoms with E-state index in [-0.39, 0.29) is 80.8 Å². The Morgan fingerprint density at radius 2 is 0.585 bits per heavy atom. The number of likely N-dealkylation sites (tertiary alicyclic amines) is 4. The third-order valence-corrected chi connectivity index (χ3v) is 28.6. The monoisotopic (exact) mass is 1840 g/mol. The molecule has 778 valence electrons. The van der Waals surface area contributed by atoms with Gasteiger partial charge in [0, 0.05) is 110 Å². The van der Waals surface area contributed by atoms with Crippen molar-refractivity contribution in [2.75, 3.05) is 28.2 Å². The van der Waals surface area contributed by atoms with Gasteiger partial charge < -0.3 is 30.2 Å². The Balaban J connectivity index is -0.000000454. The molecular weight excluding hydrogens is 1610 g/mol. The Bertz CT molecular complexity index is 2750. The van der Waals surface area contributed by atoms with Crippen LogP contribution >= 0.6 is 0 Å². The van der Waals surface area contributed by atoms with Crippen molar-refractivity contribution in [3.8, 4) is 0 Å². The lowest BCUT2D eigenvalue weighted by atomic mass is 9.75. The van der Waals surface area contributed by atoms with Crippen LogP contribution in [-0.2, 0) is 28.7 Å². The van der Waals surface area contributed by atoms with E-state index >= 15 is 0 Å². The van der Waals surface area contributed by atoms with Gasteiger partial charge in [-0.05, 0) is 354 Å². The molecule has 0 bridgehead atoms. The van der Waals surface area contributed by atoms with Gasteiger partial charge in [-0.25, -0.2) is 9.68 Å². The first-order valence-corrected chi connectivity index (χ1v) is 52.2. The quantitative estimate of drug-likeness (QED) is 0.0275. The lowest BCUT2D eigenvalue weighted by Gasteiger charge is -2.53. The van der Waals surface area contributed by atoms with Crippen molar-refractivity contribution in [1.82, 2.24) is 35.6 Å². The molecule has 2 unspecified atom stereocenters. The molecule has 0 aromatic heterocycles. The number of unbranched alkanes of at least 4 members (excludes halogenated alkanes) is 10. The van der Waals surface area contributed by atoms with Crippen LogP contribution in [0.1, 0.15) is 541 Å². The van der Waals surface area contributed by atoms with Gasteiger partial charge in [0.2, 0.25) is 0 Å². The van der Waals surface area contributed by atoms with Gasteiger partial charge in [0.1, 0.15) is 24.4 Å². The molecule has 2 atom stereocenters. The van der Waals surface area contributed by atoms with E-state index in [9.17, 15) is 14.4 Å². The fourth-order valence-electron chi connectivity index (χ4n) is 23.5. The first-order chi connectivity index (χ1) is 58.0. The summed E-state index contributed by atoms with van der Waals surface area (Å²) < 4.78 is 16.3. The molecule has 7 heterocycles. The number of hydrogen-bond acceptors (Lipinski definition) is 15. The highest BCUT2D eigenvalue weighted by molar-refractivity contribution is 5.89. The minimum absolute atomic E-state index is 0. The third kappa shape index (κ3) is 56.4. The van der Waals surface area contributed by atoms with E-state index in [0.29, 0.717) is 73.8 Å². The van der Waals surface area contributed by atoms with Crippen molar-refractivity contribution in [3.63, 3.8) is 0 Å². The Kier molecular flexibility index (Phi) is 65.1. The van der Waals surface area contributed by atoms with Crippen LogP contribution < -0.4 is 16.0 Å². The molecule has 0 amide bonds. The lowest BCUT2D eigenvalue weighted by molar-refractivity contribution is -0.298. The zero-order chi connectivity index (χ0) is 98.9. The lowest BCUT2D eigenvalue weighted by Crippen LogP contribution is -2.59. The molecule has 7 saturated heterocycles. The number of rotatable bonds is 18. The van der Waals surface area contributed by atoms with Crippen LogP contribution in [0.5, 0.6) is 0 Å². The van der Waals surface area contributed by atoms with Crippen LogP contribution in [0, 0.1) is 29.6 Å². The molecule has 1 aromatic rings. The number of hydrogen-bond donors (Lipinski definition) is 4. The first-order valence-electron chi connectivity index (χ1n) is 52.2. The largest absolute Gasteiger partial charge is 0.462 e. The number of nitrogens with one attached hydrogen (secondary N) is 3. The maximum Gasteiger partial charge on any atom is 0.338 e. The normalized spacial score (nSPS) is 24.5. The summed E-state index contributed by atoms with van der Waals surface area (Å²) in [5.74, 6) is 4.10. The molecule has 1 aromatic carbocycles. The smallest absolute Gasteiger partial charge is 0.338 e. The molecular formula is C115H235N7O8. The maximum atomic E-state index is 12.1. The van der Waals surface area contributed by atoms with Crippen molar-refractivity contribution in [2.45, 2.75) is 632 Å². The summed E-state index contributed by atoms with van der Waals surface area (Å²) in [5.41, 5.74) is 4.34. The van der Waals surface area contributed by atoms with E-state index in [0.717, 1.165) is 107 Å². The summed E-state index contributed by atoms with van der Waals surface area (Å²) in [6.45, 7) is 91.7. The Morgan fingerprint density at radius 3 is 0.838 bits per heavy atom. The number of ether oxygens (including phenoxy) is 3. The minimum Gasteiger partial charge on any atom is -0.462 e. The fraction of sp³-hybridized carbons (Fsp3) is 0.922. The van der Waals surface area contributed by atoms with Crippen LogP contribution in [0.25, 0.3) is 0 Å². The molecule has 8 fully saturated rings. The summed E-state index contributed by atoms with van der Waals surface area (Å²) in [4.78, 5) is 48.9. The van der Waals surface area contributed by atoms with E-state index < -0.39 is 0 Å². The number of benzene rings is 1. The summed E-state index contributed by atoms with van der Waals surface area (Å²) in [6.07, 6.45) is 41.8. The molecule has 4 N–H and O–H groups in total. The molecule has 8 aliphatic rings. The fourth-order valence-corrected chi connectivity index (χ4v) is 23.5. The Hall–Kier alpha value is -2.73. The number of carbonyl (C=O) groups is 3. The summed E-state index contributed by atoms with van der Waals surface area (Å²) >= 11 is 0. The van der Waals surface area contributed by atoms with Gasteiger partial charge in [0.15, 0.2) is 0 Å². The first kappa shape index (κ1) is 136. The zero-order valence-corrected chi connectivity index (χ0v) is 93.2. The molecule has 7 aliphatic heterocycles. The molecule has 9 rings (SSSR count). The second-order valence-corrected chi connectivity index (χ2v) is 50.3. The third-order valence-electron chi connectivity index (χ3n) is 28.6. The summed E-state index contributed by atoms with van der Waals surface area (Å²) in [5, 5.41) is 19.6. The van der Waals surface area contributed by atoms with E-state index in [1.165, 1.54) is 148 Å². The Morgan fingerprint density at radius 1 is 0.346 bits per heavy atom. The standard InChI is InChI=1S/C21H41NO2.C16H23NO2.4C11H23N.C10H21N.C10H18O4.2C4H10.C3H8.3CH4/c1-6-7-8-9-10-11-12-13-14-15-19(23)24-18-16-20(2,3)22-21(4,5)17-18;1-15(2)10-13(11-16(3,4)17-15)19-14(18)12-8-6-5-7-9-12;4*1-9-7-10(2,3)12(6)11(4,5)8-9;1-8-6-9(2,3)11-10(4,5)7-8;11-8-13-9-6-4-2-1-3-5-7-10(9)14-12;2*1-3-4-2;1-3-2;;;/h18,22H,6-17H2,1-5H3;5-9,13,17H,10-11H2,1-4H3;4*9H,7-8H2,1-6H3;8,11H,6-7H2,1-5H3;8-10,12H,1-7H2;2*3-4H2,1-2H3;3H2,1-2H3;3*1H4. The summed E-state index contributed by atoms with van der Waals surface area (Å²) in [7, 11) is 9.02. The van der Waals surface area contributed by atoms with Crippen molar-refractivity contribution in [1.29, 1.82) is 0 Å². The van der Waals surface area contributed by atoms with E-state index in [1.807, 2.05) is 18.2 Å². The number of esters is 2. The average molecular weight is 1840 g/mol. The van der Waals surface area contributed by atoms with Gasteiger partial charge >= 0.3 is 11.9 Å². The topological polar surface area (TPSA) is 157 Å². The zero-order valence-electron chi connectivity index (χ0n) is 93.2. The van der Waals surface area contributed by atoms with Crippen LogP contribution in [0.4, 0.5) is 0 Å². The van der Waals surface area contributed by atoms with Gasteiger partial charge in [-0.2, -0.15) is 0 Å². The number of carbonyl (C=O) groups excluding carboxylic acids is 3. The number of nitrogens with zero attached hydrogens (tertiary/aromatic N) is 4. The van der Waals surface area contributed by atoms with Crippen molar-refractivity contribution < 1.29 is 38.7 Å². The molecule has 1 aliphatic carbocycles. The highest BCUT2D eigenvalue weighted by Gasteiger charge is 2.47.